The number of carbonyl (C=O) groups is 1. The molecule has 172 valence electrons. The molecule has 1 N–H and O–H groups in total. The fraction of sp³-hybridized carbons (Fsp3) is 0.450. The molecule has 0 bridgehead atoms. The SMILES string of the molecule is O=C(Nc1ccc(OC(F)(F)F)cc1)N1CCN(c2cc(N3CCOCC3)cnn2)CC1. The van der Waals surface area contributed by atoms with Crippen LogP contribution < -0.4 is 19.9 Å². The van der Waals surface area contributed by atoms with Gasteiger partial charge in [-0.15, -0.1) is 18.3 Å². The standard InChI is InChI=1S/C20H23F3N6O3/c21-20(22,23)32-17-3-1-15(2-4-17)25-19(30)29-7-5-28(6-8-29)18-13-16(14-24-26-18)27-9-11-31-12-10-27/h1-4,13-14H,5-12H2,(H,25,30). The molecule has 0 atom stereocenters. The number of alkyl halides is 3. The molecule has 4 rings (SSSR count). The van der Waals surface area contributed by atoms with E-state index in [1.807, 2.05) is 6.07 Å². The van der Waals surface area contributed by atoms with E-state index in [1.54, 1.807) is 11.1 Å². The lowest BCUT2D eigenvalue weighted by molar-refractivity contribution is -0.274. The van der Waals surface area contributed by atoms with E-state index >= 15 is 0 Å². The summed E-state index contributed by atoms with van der Waals surface area (Å²) in [6.07, 6.45) is -3.01. The summed E-state index contributed by atoms with van der Waals surface area (Å²) in [7, 11) is 0. The minimum absolute atomic E-state index is 0.317. The van der Waals surface area contributed by atoms with E-state index in [0.29, 0.717) is 45.1 Å². The Balaban J connectivity index is 1.29. The van der Waals surface area contributed by atoms with Crippen LogP contribution in [0.3, 0.4) is 0 Å². The van der Waals surface area contributed by atoms with E-state index in [4.69, 9.17) is 4.74 Å². The third-order valence-corrected chi connectivity index (χ3v) is 5.23. The highest BCUT2D eigenvalue weighted by Crippen LogP contribution is 2.24. The van der Waals surface area contributed by atoms with E-state index < -0.39 is 6.36 Å². The molecule has 2 aliphatic heterocycles. The molecule has 0 spiro atoms. The first-order chi connectivity index (χ1) is 15.4. The number of carbonyl (C=O) groups excluding carboxylic acids is 1. The van der Waals surface area contributed by atoms with Crippen LogP contribution in [0.5, 0.6) is 5.75 Å². The van der Waals surface area contributed by atoms with Crippen molar-refractivity contribution in [3.8, 4) is 5.75 Å². The van der Waals surface area contributed by atoms with Crippen LogP contribution >= 0.6 is 0 Å². The first kappa shape index (κ1) is 21.9. The second kappa shape index (κ2) is 9.47. The van der Waals surface area contributed by atoms with Gasteiger partial charge >= 0.3 is 12.4 Å². The second-order valence-corrected chi connectivity index (χ2v) is 7.35. The third kappa shape index (κ3) is 5.69. The average Bonchev–Trinajstić information content (AvgIpc) is 2.80. The number of benzene rings is 1. The zero-order chi connectivity index (χ0) is 22.6. The van der Waals surface area contributed by atoms with Crippen LogP contribution in [0.4, 0.5) is 35.2 Å². The number of nitrogens with one attached hydrogen (secondary N) is 1. The van der Waals surface area contributed by atoms with Gasteiger partial charge in [-0.3, -0.25) is 0 Å². The first-order valence-corrected chi connectivity index (χ1v) is 10.2. The summed E-state index contributed by atoms with van der Waals surface area (Å²) in [5, 5.41) is 11.1. The molecule has 2 amide bonds. The molecule has 2 fully saturated rings. The molecule has 2 aromatic rings. The molecule has 12 heteroatoms. The Bertz CT molecular complexity index is 914. The zero-order valence-electron chi connectivity index (χ0n) is 17.2. The van der Waals surface area contributed by atoms with E-state index in [0.717, 1.165) is 36.7 Å². The summed E-state index contributed by atoms with van der Waals surface area (Å²) < 4.78 is 46.0. The monoisotopic (exact) mass is 452 g/mol. The predicted octanol–water partition coefficient (Wildman–Crippen LogP) is 2.57. The van der Waals surface area contributed by atoms with Gasteiger partial charge < -0.3 is 29.5 Å². The normalized spacial score (nSPS) is 17.3. The Hall–Kier alpha value is -3.28. The molecule has 2 saturated heterocycles. The third-order valence-electron chi connectivity index (χ3n) is 5.23. The second-order valence-electron chi connectivity index (χ2n) is 7.35. The summed E-state index contributed by atoms with van der Waals surface area (Å²) in [6.45, 7) is 5.12. The molecule has 2 aliphatic rings. The van der Waals surface area contributed by atoms with Crippen molar-refractivity contribution in [2.75, 3.05) is 67.6 Å². The molecule has 3 heterocycles. The smallest absolute Gasteiger partial charge is 0.406 e. The number of hydrogen-bond acceptors (Lipinski definition) is 7. The van der Waals surface area contributed by atoms with Crippen LogP contribution in [0.15, 0.2) is 36.5 Å². The highest BCUT2D eigenvalue weighted by atomic mass is 19.4. The summed E-state index contributed by atoms with van der Waals surface area (Å²) in [5.74, 6) is 0.416. The molecule has 9 nitrogen and oxygen atoms in total. The first-order valence-electron chi connectivity index (χ1n) is 10.2. The predicted molar refractivity (Wildman–Crippen MR) is 111 cm³/mol. The number of anilines is 3. The number of hydrogen-bond donors (Lipinski definition) is 1. The number of ether oxygens (including phenoxy) is 2. The lowest BCUT2D eigenvalue weighted by Gasteiger charge is -2.35. The lowest BCUT2D eigenvalue weighted by atomic mass is 10.3. The molecule has 32 heavy (non-hydrogen) atoms. The maximum Gasteiger partial charge on any atom is 0.573 e. The molecule has 0 unspecified atom stereocenters. The van der Waals surface area contributed by atoms with Crippen molar-refractivity contribution in [3.05, 3.63) is 36.5 Å². The molecular weight excluding hydrogens is 429 g/mol. The maximum atomic E-state index is 12.5. The summed E-state index contributed by atoms with van der Waals surface area (Å²) in [5.41, 5.74) is 1.38. The van der Waals surface area contributed by atoms with Crippen LogP contribution in [-0.2, 0) is 4.74 Å². The van der Waals surface area contributed by atoms with Gasteiger partial charge in [0, 0.05) is 51.0 Å². The van der Waals surface area contributed by atoms with Gasteiger partial charge in [-0.1, -0.05) is 0 Å². The van der Waals surface area contributed by atoms with Crippen molar-refractivity contribution >= 4 is 23.2 Å². The van der Waals surface area contributed by atoms with Gasteiger partial charge in [0.05, 0.1) is 25.1 Å². The minimum atomic E-state index is -4.75. The van der Waals surface area contributed by atoms with E-state index in [-0.39, 0.29) is 11.8 Å². The lowest BCUT2D eigenvalue weighted by Crippen LogP contribution is -2.50. The zero-order valence-corrected chi connectivity index (χ0v) is 17.2. The van der Waals surface area contributed by atoms with E-state index in [2.05, 4.69) is 30.1 Å². The molecular formula is C20H23F3N6O3. The largest absolute Gasteiger partial charge is 0.573 e. The van der Waals surface area contributed by atoms with Crippen molar-refractivity contribution in [3.63, 3.8) is 0 Å². The Kier molecular flexibility index (Phi) is 6.49. The molecule has 1 aromatic carbocycles. The summed E-state index contributed by atoms with van der Waals surface area (Å²) >= 11 is 0. The number of halogens is 3. The van der Waals surface area contributed by atoms with Crippen LogP contribution in [-0.4, -0.2) is 80.0 Å². The Labute approximate surface area is 182 Å². The van der Waals surface area contributed by atoms with Gasteiger partial charge in [-0.2, -0.15) is 5.10 Å². The highest BCUT2D eigenvalue weighted by molar-refractivity contribution is 5.89. The van der Waals surface area contributed by atoms with Crippen LogP contribution in [0.1, 0.15) is 0 Å². The van der Waals surface area contributed by atoms with Crippen molar-refractivity contribution in [2.45, 2.75) is 6.36 Å². The molecule has 0 radical (unpaired) electrons. The molecule has 1 aromatic heterocycles. The van der Waals surface area contributed by atoms with Crippen molar-refractivity contribution in [1.29, 1.82) is 0 Å². The van der Waals surface area contributed by atoms with Crippen LogP contribution in [0.25, 0.3) is 0 Å². The fourth-order valence-corrected chi connectivity index (χ4v) is 3.58. The quantitative estimate of drug-likeness (QED) is 0.764. The van der Waals surface area contributed by atoms with Gasteiger partial charge in [0.2, 0.25) is 0 Å². The fourth-order valence-electron chi connectivity index (χ4n) is 3.58. The average molecular weight is 452 g/mol. The minimum Gasteiger partial charge on any atom is -0.406 e. The van der Waals surface area contributed by atoms with E-state index in [9.17, 15) is 18.0 Å². The van der Waals surface area contributed by atoms with Gasteiger partial charge in [-0.05, 0) is 24.3 Å². The summed E-state index contributed by atoms with van der Waals surface area (Å²) in [4.78, 5) is 18.5. The van der Waals surface area contributed by atoms with Crippen molar-refractivity contribution in [2.24, 2.45) is 0 Å². The number of aromatic nitrogens is 2. The van der Waals surface area contributed by atoms with Crippen molar-refractivity contribution in [1.82, 2.24) is 15.1 Å². The van der Waals surface area contributed by atoms with Gasteiger partial charge in [0.25, 0.3) is 0 Å². The Morgan fingerprint density at radius 1 is 1.00 bits per heavy atom. The van der Waals surface area contributed by atoms with Gasteiger partial charge in [-0.25, -0.2) is 4.79 Å². The van der Waals surface area contributed by atoms with Gasteiger partial charge in [0.1, 0.15) is 5.75 Å². The summed E-state index contributed by atoms with van der Waals surface area (Å²) in [6, 6.07) is 6.72. The number of morpholine rings is 1. The van der Waals surface area contributed by atoms with E-state index in [1.165, 1.54) is 12.1 Å². The number of amides is 2. The molecule has 0 saturated carbocycles. The molecule has 0 aliphatic carbocycles. The van der Waals surface area contributed by atoms with Crippen LogP contribution in [0, 0.1) is 0 Å². The topological polar surface area (TPSA) is 83.1 Å². The van der Waals surface area contributed by atoms with Gasteiger partial charge in [0.15, 0.2) is 5.82 Å². The highest BCUT2D eigenvalue weighted by Gasteiger charge is 2.31. The number of piperazine rings is 1. The maximum absolute atomic E-state index is 12.5. The number of urea groups is 1. The Morgan fingerprint density at radius 2 is 1.69 bits per heavy atom. The van der Waals surface area contributed by atoms with Crippen LogP contribution in [0.2, 0.25) is 0 Å². The number of rotatable bonds is 4. The van der Waals surface area contributed by atoms with Crippen molar-refractivity contribution < 1.29 is 27.4 Å². The number of nitrogens with zero attached hydrogens (tertiary/aromatic N) is 5. The Morgan fingerprint density at radius 3 is 2.34 bits per heavy atom.